The van der Waals surface area contributed by atoms with Crippen molar-refractivity contribution in [2.45, 2.75) is 44.8 Å². The number of aliphatic carboxylic acids is 1. The van der Waals surface area contributed by atoms with E-state index in [4.69, 9.17) is 4.74 Å². The highest BCUT2D eigenvalue weighted by molar-refractivity contribution is 7.99. The number of carbonyl (C=O) groups is 2. The summed E-state index contributed by atoms with van der Waals surface area (Å²) in [5.41, 5.74) is -0.0385. The molecule has 23 heavy (non-hydrogen) atoms. The van der Waals surface area contributed by atoms with Crippen LogP contribution < -0.4 is 10.1 Å². The number of carbonyl (C=O) groups excluding carboxylic acids is 1. The van der Waals surface area contributed by atoms with Gasteiger partial charge in [0.1, 0.15) is 11.3 Å². The fourth-order valence-electron chi connectivity index (χ4n) is 2.43. The van der Waals surface area contributed by atoms with Gasteiger partial charge in [-0.05, 0) is 42.7 Å². The van der Waals surface area contributed by atoms with Gasteiger partial charge in [0.15, 0.2) is 6.10 Å². The van der Waals surface area contributed by atoms with Crippen molar-refractivity contribution < 1.29 is 19.4 Å². The maximum atomic E-state index is 12.3. The van der Waals surface area contributed by atoms with Crippen molar-refractivity contribution in [2.24, 2.45) is 0 Å². The van der Waals surface area contributed by atoms with E-state index < -0.39 is 23.5 Å². The Labute approximate surface area is 140 Å². The SMILES string of the molecule is CC(Oc1cccc(C(C)C)c1)C(=O)NC1(C(=O)O)CCSC1. The standard InChI is InChI=1S/C17H23NO4S/c1-11(2)13-5-4-6-14(9-13)22-12(3)15(19)18-17(16(20)21)7-8-23-10-17/h4-6,9,11-12H,7-8,10H2,1-3H3,(H,18,19)(H,20,21). The summed E-state index contributed by atoms with van der Waals surface area (Å²) in [6, 6.07) is 7.61. The van der Waals surface area contributed by atoms with Gasteiger partial charge in [-0.3, -0.25) is 4.79 Å². The molecular weight excluding hydrogens is 314 g/mol. The lowest BCUT2D eigenvalue weighted by atomic mass is 9.99. The van der Waals surface area contributed by atoms with E-state index in [9.17, 15) is 14.7 Å². The van der Waals surface area contributed by atoms with E-state index in [-0.39, 0.29) is 0 Å². The molecule has 0 aromatic heterocycles. The minimum absolute atomic E-state index is 0.369. The average Bonchev–Trinajstić information content (AvgIpc) is 2.97. The number of rotatable bonds is 6. The first-order valence-electron chi connectivity index (χ1n) is 7.74. The van der Waals surface area contributed by atoms with E-state index in [1.165, 1.54) is 11.8 Å². The average molecular weight is 337 g/mol. The second-order valence-electron chi connectivity index (χ2n) is 6.17. The zero-order valence-corrected chi connectivity index (χ0v) is 14.5. The quantitative estimate of drug-likeness (QED) is 0.835. The highest BCUT2D eigenvalue weighted by Crippen LogP contribution is 2.28. The molecule has 5 nitrogen and oxygen atoms in total. The Bertz CT molecular complexity index is 582. The Morgan fingerprint density at radius 1 is 1.35 bits per heavy atom. The van der Waals surface area contributed by atoms with Crippen molar-refractivity contribution in [3.05, 3.63) is 29.8 Å². The van der Waals surface area contributed by atoms with Gasteiger partial charge >= 0.3 is 5.97 Å². The number of hydrogen-bond donors (Lipinski definition) is 2. The van der Waals surface area contributed by atoms with E-state index in [0.717, 1.165) is 11.3 Å². The molecule has 1 amide bonds. The highest BCUT2D eigenvalue weighted by Gasteiger charge is 2.44. The molecule has 126 valence electrons. The molecule has 2 unspecified atom stereocenters. The zero-order chi connectivity index (χ0) is 17.0. The number of nitrogens with one attached hydrogen (secondary N) is 1. The number of carboxylic acids is 1. The minimum Gasteiger partial charge on any atom is -0.481 e. The van der Waals surface area contributed by atoms with Crippen molar-refractivity contribution in [3.63, 3.8) is 0 Å². The molecule has 1 aromatic carbocycles. The lowest BCUT2D eigenvalue weighted by Crippen LogP contribution is -2.57. The fourth-order valence-corrected chi connectivity index (χ4v) is 3.75. The Morgan fingerprint density at radius 3 is 2.65 bits per heavy atom. The van der Waals surface area contributed by atoms with Crippen LogP contribution in [0.5, 0.6) is 5.75 Å². The molecule has 1 aliphatic rings. The van der Waals surface area contributed by atoms with Gasteiger partial charge < -0.3 is 15.2 Å². The molecule has 6 heteroatoms. The van der Waals surface area contributed by atoms with Crippen LogP contribution >= 0.6 is 11.8 Å². The molecule has 1 saturated heterocycles. The van der Waals surface area contributed by atoms with Crippen LogP contribution in [0.4, 0.5) is 0 Å². The number of thioether (sulfide) groups is 1. The second kappa shape index (κ2) is 7.25. The summed E-state index contributed by atoms with van der Waals surface area (Å²) in [4.78, 5) is 23.8. The van der Waals surface area contributed by atoms with E-state index in [1.54, 1.807) is 13.0 Å². The monoisotopic (exact) mass is 337 g/mol. The largest absolute Gasteiger partial charge is 0.481 e. The molecule has 2 atom stereocenters. The van der Waals surface area contributed by atoms with Crippen LogP contribution in [0.2, 0.25) is 0 Å². The van der Waals surface area contributed by atoms with Crippen LogP contribution in [-0.4, -0.2) is 40.1 Å². The maximum absolute atomic E-state index is 12.3. The van der Waals surface area contributed by atoms with E-state index in [1.807, 2.05) is 18.2 Å². The van der Waals surface area contributed by atoms with Crippen LogP contribution in [0.1, 0.15) is 38.7 Å². The zero-order valence-electron chi connectivity index (χ0n) is 13.7. The second-order valence-corrected chi connectivity index (χ2v) is 7.27. The van der Waals surface area contributed by atoms with E-state index >= 15 is 0 Å². The number of benzene rings is 1. The lowest BCUT2D eigenvalue weighted by Gasteiger charge is -2.26. The van der Waals surface area contributed by atoms with Crippen LogP contribution in [0.3, 0.4) is 0 Å². The molecule has 1 aliphatic heterocycles. The number of hydrogen-bond acceptors (Lipinski definition) is 4. The number of carboxylic acid groups (broad SMARTS) is 1. The van der Waals surface area contributed by atoms with Gasteiger partial charge in [-0.25, -0.2) is 4.79 Å². The molecule has 0 radical (unpaired) electrons. The molecule has 1 fully saturated rings. The molecule has 1 heterocycles. The van der Waals surface area contributed by atoms with Crippen LogP contribution in [0.25, 0.3) is 0 Å². The van der Waals surface area contributed by atoms with Gasteiger partial charge in [0.25, 0.3) is 5.91 Å². The minimum atomic E-state index is -1.17. The van der Waals surface area contributed by atoms with Crippen LogP contribution in [0, 0.1) is 0 Å². The smallest absolute Gasteiger partial charge is 0.330 e. The van der Waals surface area contributed by atoms with Crippen molar-refractivity contribution in [3.8, 4) is 5.75 Å². The molecule has 0 aliphatic carbocycles. The summed E-state index contributed by atoms with van der Waals surface area (Å²) >= 11 is 1.54. The Balaban J connectivity index is 2.02. The summed E-state index contributed by atoms with van der Waals surface area (Å²) in [6.45, 7) is 5.81. The van der Waals surface area contributed by atoms with Gasteiger partial charge in [0.2, 0.25) is 0 Å². The van der Waals surface area contributed by atoms with Crippen molar-refractivity contribution >= 4 is 23.6 Å². The first kappa shape index (κ1) is 17.7. The molecular formula is C17H23NO4S. The van der Waals surface area contributed by atoms with Crippen LogP contribution in [0.15, 0.2) is 24.3 Å². The molecule has 1 aromatic rings. The first-order chi connectivity index (χ1) is 10.8. The molecule has 2 rings (SSSR count). The molecule has 2 N–H and O–H groups in total. The molecule has 0 spiro atoms. The number of ether oxygens (including phenoxy) is 1. The van der Waals surface area contributed by atoms with Gasteiger partial charge in [0, 0.05) is 5.75 Å². The summed E-state index contributed by atoms with van der Waals surface area (Å²) in [5.74, 6) is 0.731. The third-order valence-electron chi connectivity index (χ3n) is 4.00. The third kappa shape index (κ3) is 4.19. The third-order valence-corrected chi connectivity index (χ3v) is 5.19. The summed E-state index contributed by atoms with van der Waals surface area (Å²) in [5, 5.41) is 12.1. The predicted molar refractivity (Wildman–Crippen MR) is 91.1 cm³/mol. The Hall–Kier alpha value is -1.69. The van der Waals surface area contributed by atoms with Gasteiger partial charge in [0.05, 0.1) is 0 Å². The normalized spacial score (nSPS) is 21.9. The fraction of sp³-hybridized carbons (Fsp3) is 0.529. The van der Waals surface area contributed by atoms with Crippen LogP contribution in [-0.2, 0) is 9.59 Å². The molecule has 0 bridgehead atoms. The molecule has 0 saturated carbocycles. The summed E-state index contributed by atoms with van der Waals surface area (Å²) in [6.07, 6.45) is -0.312. The van der Waals surface area contributed by atoms with Crippen molar-refractivity contribution in [1.29, 1.82) is 0 Å². The van der Waals surface area contributed by atoms with Crippen molar-refractivity contribution in [1.82, 2.24) is 5.32 Å². The lowest BCUT2D eigenvalue weighted by molar-refractivity contribution is -0.147. The Morgan fingerprint density at radius 2 is 2.09 bits per heavy atom. The Kier molecular flexibility index (Phi) is 5.57. The summed E-state index contributed by atoms with van der Waals surface area (Å²) in [7, 11) is 0. The van der Waals surface area contributed by atoms with Gasteiger partial charge in [-0.2, -0.15) is 11.8 Å². The van der Waals surface area contributed by atoms with Crippen molar-refractivity contribution in [2.75, 3.05) is 11.5 Å². The first-order valence-corrected chi connectivity index (χ1v) is 8.89. The predicted octanol–water partition coefficient (Wildman–Crippen LogP) is 2.65. The topological polar surface area (TPSA) is 75.6 Å². The van der Waals surface area contributed by atoms with E-state index in [0.29, 0.717) is 23.8 Å². The van der Waals surface area contributed by atoms with E-state index in [2.05, 4.69) is 19.2 Å². The summed E-state index contributed by atoms with van der Waals surface area (Å²) < 4.78 is 5.69. The highest BCUT2D eigenvalue weighted by atomic mass is 32.2. The van der Waals surface area contributed by atoms with Gasteiger partial charge in [-0.15, -0.1) is 0 Å². The van der Waals surface area contributed by atoms with Gasteiger partial charge in [-0.1, -0.05) is 26.0 Å². The maximum Gasteiger partial charge on any atom is 0.330 e. The number of amides is 1.